The largest absolute Gasteiger partial charge is 0.449 e. The first-order chi connectivity index (χ1) is 9.72. The minimum atomic E-state index is -0.616. The number of pyridine rings is 1. The zero-order chi connectivity index (χ0) is 14.4. The minimum absolute atomic E-state index is 0.132. The third kappa shape index (κ3) is 3.12. The van der Waals surface area contributed by atoms with Crippen molar-refractivity contribution in [3.63, 3.8) is 0 Å². The first kappa shape index (κ1) is 13.6. The van der Waals surface area contributed by atoms with Gasteiger partial charge in [-0.15, -0.1) is 6.42 Å². The fourth-order valence-electron chi connectivity index (χ4n) is 1.54. The summed E-state index contributed by atoms with van der Waals surface area (Å²) in [6.07, 6.45) is 6.52. The molecule has 0 radical (unpaired) electrons. The highest BCUT2D eigenvalue weighted by atomic mass is 19.1. The number of anilines is 2. The molecule has 2 aromatic rings. The highest BCUT2D eigenvalue weighted by Gasteiger charge is 2.14. The molecule has 0 spiro atoms. The molecule has 0 bridgehead atoms. The van der Waals surface area contributed by atoms with E-state index in [9.17, 15) is 9.18 Å². The van der Waals surface area contributed by atoms with E-state index in [1.54, 1.807) is 24.3 Å². The summed E-state index contributed by atoms with van der Waals surface area (Å²) in [5, 5.41) is 2.76. The first-order valence-electron chi connectivity index (χ1n) is 5.79. The van der Waals surface area contributed by atoms with Gasteiger partial charge in [0.1, 0.15) is 17.2 Å². The van der Waals surface area contributed by atoms with E-state index < -0.39 is 11.8 Å². The molecular weight excluding hydrogens is 259 g/mol. The summed E-state index contributed by atoms with van der Waals surface area (Å²) in [4.78, 5) is 15.8. The molecular formula is C15H11FN2O2. The lowest BCUT2D eigenvalue weighted by molar-refractivity contribution is 0.0557. The maximum Gasteiger partial charge on any atom is 0.342 e. The molecule has 0 aliphatic carbocycles. The van der Waals surface area contributed by atoms with Gasteiger partial charge in [-0.25, -0.2) is 14.2 Å². The van der Waals surface area contributed by atoms with Gasteiger partial charge in [0, 0.05) is 6.20 Å². The summed E-state index contributed by atoms with van der Waals surface area (Å²) in [7, 11) is 0. The van der Waals surface area contributed by atoms with Gasteiger partial charge in [0.2, 0.25) is 0 Å². The van der Waals surface area contributed by atoms with Gasteiger partial charge in [-0.3, -0.25) is 0 Å². The molecule has 2 rings (SSSR count). The van der Waals surface area contributed by atoms with Crippen molar-refractivity contribution in [3.05, 3.63) is 54.0 Å². The number of carbonyl (C=O) groups excluding carboxylic acids is 1. The SMILES string of the molecule is C#CCOC(=O)c1cccnc1Nc1ccccc1F. The number of hydrogen-bond donors (Lipinski definition) is 1. The van der Waals surface area contributed by atoms with Gasteiger partial charge in [0.25, 0.3) is 0 Å². The van der Waals surface area contributed by atoms with Crippen molar-refractivity contribution < 1.29 is 13.9 Å². The van der Waals surface area contributed by atoms with E-state index in [0.717, 1.165) is 0 Å². The molecule has 1 heterocycles. The molecule has 0 aliphatic rings. The second-order valence-electron chi connectivity index (χ2n) is 3.78. The molecule has 0 aliphatic heterocycles. The quantitative estimate of drug-likeness (QED) is 0.685. The van der Waals surface area contributed by atoms with Gasteiger partial charge in [-0.05, 0) is 24.3 Å². The van der Waals surface area contributed by atoms with Crippen molar-refractivity contribution in [2.24, 2.45) is 0 Å². The van der Waals surface area contributed by atoms with Crippen LogP contribution < -0.4 is 5.32 Å². The van der Waals surface area contributed by atoms with E-state index in [0.29, 0.717) is 0 Å². The predicted octanol–water partition coefficient (Wildman–Crippen LogP) is 2.75. The van der Waals surface area contributed by atoms with E-state index in [4.69, 9.17) is 11.2 Å². The molecule has 0 saturated heterocycles. The Morgan fingerprint density at radius 3 is 2.90 bits per heavy atom. The van der Waals surface area contributed by atoms with Crippen LogP contribution >= 0.6 is 0 Å². The number of rotatable bonds is 4. The summed E-state index contributed by atoms with van der Waals surface area (Å²) in [5.74, 6) is 1.35. The average molecular weight is 270 g/mol. The van der Waals surface area contributed by atoms with Crippen molar-refractivity contribution >= 4 is 17.5 Å². The van der Waals surface area contributed by atoms with Crippen molar-refractivity contribution in [1.82, 2.24) is 4.98 Å². The number of benzene rings is 1. The number of carbonyl (C=O) groups is 1. The fraction of sp³-hybridized carbons (Fsp3) is 0.0667. The summed E-state index contributed by atoms with van der Waals surface area (Å²) >= 11 is 0. The van der Waals surface area contributed by atoms with Gasteiger partial charge in [-0.2, -0.15) is 0 Å². The third-order valence-corrected chi connectivity index (χ3v) is 2.44. The topological polar surface area (TPSA) is 51.2 Å². The lowest BCUT2D eigenvalue weighted by atomic mass is 10.2. The fourth-order valence-corrected chi connectivity index (χ4v) is 1.54. The number of hydrogen-bond acceptors (Lipinski definition) is 4. The molecule has 20 heavy (non-hydrogen) atoms. The van der Waals surface area contributed by atoms with Gasteiger partial charge in [-0.1, -0.05) is 18.1 Å². The van der Waals surface area contributed by atoms with E-state index in [1.165, 1.54) is 18.3 Å². The maximum atomic E-state index is 13.6. The number of esters is 1. The lowest BCUT2D eigenvalue weighted by Gasteiger charge is -2.10. The van der Waals surface area contributed by atoms with Crippen molar-refractivity contribution in [2.75, 3.05) is 11.9 Å². The second kappa shape index (κ2) is 6.34. The molecule has 0 atom stereocenters. The van der Waals surface area contributed by atoms with Crippen LogP contribution in [0.5, 0.6) is 0 Å². The van der Waals surface area contributed by atoms with Crippen molar-refractivity contribution in [2.45, 2.75) is 0 Å². The monoisotopic (exact) mass is 270 g/mol. The van der Waals surface area contributed by atoms with E-state index in [1.807, 2.05) is 0 Å². The Morgan fingerprint density at radius 2 is 2.15 bits per heavy atom. The Balaban J connectivity index is 2.27. The Hall–Kier alpha value is -2.87. The summed E-state index contributed by atoms with van der Waals surface area (Å²) < 4.78 is 18.4. The Morgan fingerprint density at radius 1 is 1.35 bits per heavy atom. The molecule has 1 N–H and O–H groups in total. The lowest BCUT2D eigenvalue weighted by Crippen LogP contribution is -2.09. The van der Waals surface area contributed by atoms with Gasteiger partial charge < -0.3 is 10.1 Å². The van der Waals surface area contributed by atoms with Crippen LogP contribution in [0, 0.1) is 18.2 Å². The molecule has 100 valence electrons. The average Bonchev–Trinajstić information content (AvgIpc) is 2.48. The summed E-state index contributed by atoms with van der Waals surface area (Å²) in [6.45, 7) is -0.132. The van der Waals surface area contributed by atoms with Gasteiger partial charge in [0.05, 0.1) is 5.69 Å². The number of nitrogens with one attached hydrogen (secondary N) is 1. The molecule has 0 unspecified atom stereocenters. The minimum Gasteiger partial charge on any atom is -0.449 e. The second-order valence-corrected chi connectivity index (χ2v) is 3.78. The summed E-state index contributed by atoms with van der Waals surface area (Å²) in [6, 6.07) is 9.20. The smallest absolute Gasteiger partial charge is 0.342 e. The Bertz CT molecular complexity index is 665. The highest BCUT2D eigenvalue weighted by Crippen LogP contribution is 2.21. The normalized spacial score (nSPS) is 9.60. The van der Waals surface area contributed by atoms with Crippen LogP contribution in [-0.2, 0) is 4.74 Å². The number of nitrogens with zero attached hydrogens (tertiary/aromatic N) is 1. The van der Waals surface area contributed by atoms with Crippen molar-refractivity contribution in [1.29, 1.82) is 0 Å². The Kier molecular flexibility index (Phi) is 4.30. The number of ether oxygens (including phenoxy) is 1. The van der Waals surface area contributed by atoms with Crippen LogP contribution in [0.3, 0.4) is 0 Å². The Labute approximate surface area is 115 Å². The number of para-hydroxylation sites is 1. The first-order valence-corrected chi connectivity index (χ1v) is 5.79. The molecule has 0 saturated carbocycles. The van der Waals surface area contributed by atoms with Crippen LogP contribution in [-0.4, -0.2) is 17.6 Å². The van der Waals surface area contributed by atoms with E-state index in [-0.39, 0.29) is 23.7 Å². The number of halogens is 1. The molecule has 1 aromatic carbocycles. The molecule has 5 heteroatoms. The molecule has 1 aromatic heterocycles. The van der Waals surface area contributed by atoms with Crippen LogP contribution in [0.1, 0.15) is 10.4 Å². The maximum absolute atomic E-state index is 13.6. The van der Waals surface area contributed by atoms with Crippen molar-refractivity contribution in [3.8, 4) is 12.3 Å². The molecule has 0 amide bonds. The van der Waals surface area contributed by atoms with Crippen LogP contribution in [0.15, 0.2) is 42.6 Å². The van der Waals surface area contributed by atoms with E-state index >= 15 is 0 Å². The predicted molar refractivity (Wildman–Crippen MR) is 73.0 cm³/mol. The van der Waals surface area contributed by atoms with Gasteiger partial charge >= 0.3 is 5.97 Å². The molecule has 4 nitrogen and oxygen atoms in total. The number of terminal acetylenes is 1. The summed E-state index contributed by atoms with van der Waals surface area (Å²) in [5.41, 5.74) is 0.406. The zero-order valence-electron chi connectivity index (χ0n) is 10.5. The number of aromatic nitrogens is 1. The zero-order valence-corrected chi connectivity index (χ0v) is 10.5. The molecule has 0 fully saturated rings. The third-order valence-electron chi connectivity index (χ3n) is 2.44. The van der Waals surface area contributed by atoms with Gasteiger partial charge in [0.15, 0.2) is 6.61 Å². The van der Waals surface area contributed by atoms with E-state index in [2.05, 4.69) is 16.2 Å². The highest BCUT2D eigenvalue weighted by molar-refractivity contribution is 5.95. The van der Waals surface area contributed by atoms with Crippen LogP contribution in [0.25, 0.3) is 0 Å². The van der Waals surface area contributed by atoms with Crippen LogP contribution in [0.4, 0.5) is 15.9 Å². The van der Waals surface area contributed by atoms with Crippen LogP contribution in [0.2, 0.25) is 0 Å². The standard InChI is InChI=1S/C15H11FN2O2/c1-2-10-20-15(19)11-6-5-9-17-14(11)18-13-8-4-3-7-12(13)16/h1,3-9H,10H2,(H,17,18).